The molecule has 104 valence electrons. The van der Waals surface area contributed by atoms with Gasteiger partial charge < -0.3 is 16.2 Å². The van der Waals surface area contributed by atoms with E-state index in [2.05, 4.69) is 9.97 Å². The molecule has 0 saturated heterocycles. The SMILES string of the molecule is CCOc1cccc(-c2nc(C)c(C(N)=O)c(N)n2)c1. The number of amides is 1. The molecule has 0 aliphatic rings. The van der Waals surface area contributed by atoms with Gasteiger partial charge in [-0.25, -0.2) is 9.97 Å². The van der Waals surface area contributed by atoms with Crippen molar-refractivity contribution in [2.75, 3.05) is 12.3 Å². The van der Waals surface area contributed by atoms with Crippen LogP contribution >= 0.6 is 0 Å². The number of nitrogens with zero attached hydrogens (tertiary/aromatic N) is 2. The Labute approximate surface area is 116 Å². The van der Waals surface area contributed by atoms with Gasteiger partial charge in [0, 0.05) is 5.56 Å². The molecule has 0 atom stereocenters. The van der Waals surface area contributed by atoms with Gasteiger partial charge in [0.25, 0.3) is 5.91 Å². The number of ether oxygens (including phenoxy) is 1. The van der Waals surface area contributed by atoms with Crippen molar-refractivity contribution in [1.29, 1.82) is 0 Å². The van der Waals surface area contributed by atoms with Crippen LogP contribution in [0.4, 0.5) is 5.82 Å². The number of aromatic nitrogens is 2. The summed E-state index contributed by atoms with van der Waals surface area (Å²) in [7, 11) is 0. The lowest BCUT2D eigenvalue weighted by molar-refractivity contribution is 0.1000. The quantitative estimate of drug-likeness (QED) is 0.878. The van der Waals surface area contributed by atoms with Crippen LogP contribution in [0.25, 0.3) is 11.4 Å². The summed E-state index contributed by atoms with van der Waals surface area (Å²) in [5.41, 5.74) is 12.4. The first-order valence-electron chi connectivity index (χ1n) is 6.20. The number of hydrogen-bond donors (Lipinski definition) is 2. The molecule has 0 aliphatic heterocycles. The topological polar surface area (TPSA) is 104 Å². The predicted octanol–water partition coefficient (Wildman–Crippen LogP) is 1.53. The van der Waals surface area contributed by atoms with Crippen LogP contribution in [0.3, 0.4) is 0 Å². The molecule has 1 heterocycles. The van der Waals surface area contributed by atoms with Crippen molar-refractivity contribution in [2.45, 2.75) is 13.8 Å². The zero-order valence-electron chi connectivity index (χ0n) is 11.4. The standard InChI is InChI=1S/C14H16N4O2/c1-3-20-10-6-4-5-9(7-10)14-17-8(2)11(13(16)19)12(15)18-14/h4-7H,3H2,1-2H3,(H2,16,19)(H2,15,17,18). The molecular weight excluding hydrogens is 256 g/mol. The molecule has 1 aromatic heterocycles. The van der Waals surface area contributed by atoms with E-state index in [1.54, 1.807) is 6.92 Å². The molecule has 0 fully saturated rings. The van der Waals surface area contributed by atoms with E-state index < -0.39 is 5.91 Å². The first kappa shape index (κ1) is 13.8. The molecule has 4 N–H and O–H groups in total. The van der Waals surface area contributed by atoms with Crippen molar-refractivity contribution in [3.63, 3.8) is 0 Å². The number of hydrogen-bond acceptors (Lipinski definition) is 5. The fraction of sp³-hybridized carbons (Fsp3) is 0.214. The lowest BCUT2D eigenvalue weighted by Gasteiger charge is -2.09. The summed E-state index contributed by atoms with van der Waals surface area (Å²) in [6.07, 6.45) is 0. The highest BCUT2D eigenvalue weighted by molar-refractivity contribution is 5.98. The molecule has 0 saturated carbocycles. The molecule has 20 heavy (non-hydrogen) atoms. The van der Waals surface area contributed by atoms with Crippen LogP contribution in [0.2, 0.25) is 0 Å². The van der Waals surface area contributed by atoms with Gasteiger partial charge in [-0.2, -0.15) is 0 Å². The average Bonchev–Trinajstić information content (AvgIpc) is 2.38. The zero-order valence-corrected chi connectivity index (χ0v) is 11.4. The second kappa shape index (κ2) is 5.56. The van der Waals surface area contributed by atoms with Crippen LogP contribution in [-0.4, -0.2) is 22.5 Å². The van der Waals surface area contributed by atoms with E-state index in [-0.39, 0.29) is 11.4 Å². The van der Waals surface area contributed by atoms with E-state index in [9.17, 15) is 4.79 Å². The number of primary amides is 1. The van der Waals surface area contributed by atoms with Gasteiger partial charge in [-0.15, -0.1) is 0 Å². The molecule has 0 spiro atoms. The third kappa shape index (κ3) is 2.69. The summed E-state index contributed by atoms with van der Waals surface area (Å²) in [6.45, 7) is 4.16. The second-order valence-corrected chi connectivity index (χ2v) is 4.22. The Morgan fingerprint density at radius 1 is 1.35 bits per heavy atom. The highest BCUT2D eigenvalue weighted by atomic mass is 16.5. The molecule has 0 aliphatic carbocycles. The van der Waals surface area contributed by atoms with Gasteiger partial charge in [-0.3, -0.25) is 4.79 Å². The maximum absolute atomic E-state index is 11.3. The van der Waals surface area contributed by atoms with Crippen LogP contribution in [0, 0.1) is 6.92 Å². The Balaban J connectivity index is 2.48. The van der Waals surface area contributed by atoms with Crippen molar-refractivity contribution in [1.82, 2.24) is 9.97 Å². The largest absolute Gasteiger partial charge is 0.494 e. The number of carbonyl (C=O) groups excluding carboxylic acids is 1. The molecule has 2 rings (SSSR count). The van der Waals surface area contributed by atoms with Gasteiger partial charge in [-0.05, 0) is 26.0 Å². The van der Waals surface area contributed by atoms with Crippen molar-refractivity contribution < 1.29 is 9.53 Å². The van der Waals surface area contributed by atoms with Crippen LogP contribution in [0.15, 0.2) is 24.3 Å². The maximum Gasteiger partial charge on any atom is 0.254 e. The molecular formula is C14H16N4O2. The summed E-state index contributed by atoms with van der Waals surface area (Å²) < 4.78 is 5.43. The number of anilines is 1. The summed E-state index contributed by atoms with van der Waals surface area (Å²) in [5, 5.41) is 0. The maximum atomic E-state index is 11.3. The molecule has 6 nitrogen and oxygen atoms in total. The van der Waals surface area contributed by atoms with E-state index >= 15 is 0 Å². The number of nitrogen functional groups attached to an aromatic ring is 1. The first-order chi connectivity index (χ1) is 9.52. The average molecular weight is 272 g/mol. The Morgan fingerprint density at radius 3 is 2.70 bits per heavy atom. The van der Waals surface area contributed by atoms with Crippen LogP contribution in [-0.2, 0) is 0 Å². The molecule has 0 unspecified atom stereocenters. The number of benzene rings is 1. The van der Waals surface area contributed by atoms with E-state index in [0.29, 0.717) is 18.1 Å². The summed E-state index contributed by atoms with van der Waals surface area (Å²) >= 11 is 0. The minimum atomic E-state index is -0.630. The van der Waals surface area contributed by atoms with Crippen molar-refractivity contribution in [3.05, 3.63) is 35.5 Å². The van der Waals surface area contributed by atoms with E-state index in [4.69, 9.17) is 16.2 Å². The minimum absolute atomic E-state index is 0.0850. The van der Waals surface area contributed by atoms with E-state index in [0.717, 1.165) is 11.3 Å². The smallest absolute Gasteiger partial charge is 0.254 e. The van der Waals surface area contributed by atoms with Crippen LogP contribution in [0.5, 0.6) is 5.75 Å². The number of nitrogens with two attached hydrogens (primary N) is 2. The Hall–Kier alpha value is -2.63. The molecule has 2 aromatic rings. The molecule has 1 aromatic carbocycles. The lowest BCUT2D eigenvalue weighted by Crippen LogP contribution is -2.17. The first-order valence-corrected chi connectivity index (χ1v) is 6.20. The Morgan fingerprint density at radius 2 is 2.10 bits per heavy atom. The predicted molar refractivity (Wildman–Crippen MR) is 76.3 cm³/mol. The van der Waals surface area contributed by atoms with Crippen molar-refractivity contribution in [2.24, 2.45) is 5.73 Å². The van der Waals surface area contributed by atoms with Gasteiger partial charge in [-0.1, -0.05) is 12.1 Å². The van der Waals surface area contributed by atoms with Crippen molar-refractivity contribution >= 4 is 11.7 Å². The number of aryl methyl sites for hydroxylation is 1. The fourth-order valence-electron chi connectivity index (χ4n) is 1.92. The third-order valence-corrected chi connectivity index (χ3v) is 2.77. The van der Waals surface area contributed by atoms with E-state index in [1.807, 2.05) is 31.2 Å². The Kier molecular flexibility index (Phi) is 3.84. The summed E-state index contributed by atoms with van der Waals surface area (Å²) in [4.78, 5) is 19.7. The minimum Gasteiger partial charge on any atom is -0.494 e. The normalized spacial score (nSPS) is 10.3. The highest BCUT2D eigenvalue weighted by Crippen LogP contribution is 2.23. The van der Waals surface area contributed by atoms with Crippen LogP contribution in [0.1, 0.15) is 23.0 Å². The fourth-order valence-corrected chi connectivity index (χ4v) is 1.92. The number of rotatable bonds is 4. The summed E-state index contributed by atoms with van der Waals surface area (Å²) in [5.74, 6) is 0.617. The van der Waals surface area contributed by atoms with Gasteiger partial charge in [0.05, 0.1) is 12.3 Å². The molecule has 0 bridgehead atoms. The zero-order chi connectivity index (χ0) is 14.7. The monoisotopic (exact) mass is 272 g/mol. The highest BCUT2D eigenvalue weighted by Gasteiger charge is 2.15. The van der Waals surface area contributed by atoms with Gasteiger partial charge >= 0.3 is 0 Å². The second-order valence-electron chi connectivity index (χ2n) is 4.22. The molecule has 6 heteroatoms. The molecule has 1 amide bonds. The number of carbonyl (C=O) groups is 1. The van der Waals surface area contributed by atoms with Crippen LogP contribution < -0.4 is 16.2 Å². The van der Waals surface area contributed by atoms with Gasteiger partial charge in [0.2, 0.25) is 0 Å². The molecule has 0 radical (unpaired) electrons. The van der Waals surface area contributed by atoms with Crippen molar-refractivity contribution in [3.8, 4) is 17.1 Å². The Bertz CT molecular complexity index is 632. The van der Waals surface area contributed by atoms with Gasteiger partial charge in [0.1, 0.15) is 17.1 Å². The van der Waals surface area contributed by atoms with E-state index in [1.165, 1.54) is 0 Å². The summed E-state index contributed by atoms with van der Waals surface area (Å²) in [6, 6.07) is 7.36. The lowest BCUT2D eigenvalue weighted by atomic mass is 10.1. The van der Waals surface area contributed by atoms with Gasteiger partial charge in [0.15, 0.2) is 5.82 Å². The third-order valence-electron chi connectivity index (χ3n) is 2.77.